The molecule has 3 fully saturated rings. The standard InChI is InChI=1S/C21H18F4N4O3/c1-20-8-21(9-20,10-31-20)15-7-29-6-13(14(32-19(24)25)5-16(29)28-15)27-18(30)12-4-2-3-11(26-12)17(22)23/h2-7,17,19H,8-10H2,1H3,(H,27,30). The van der Waals surface area contributed by atoms with Gasteiger partial charge in [-0.3, -0.25) is 4.79 Å². The molecule has 1 aliphatic carbocycles. The third kappa shape index (κ3) is 3.46. The molecule has 0 atom stereocenters. The first kappa shape index (κ1) is 20.7. The number of ether oxygens (including phenoxy) is 2. The number of alkyl halides is 4. The average Bonchev–Trinajstić information content (AvgIpc) is 3.38. The second kappa shape index (κ2) is 7.16. The molecule has 3 aliphatic rings. The number of nitrogens with zero attached hydrogens (tertiary/aromatic N) is 3. The van der Waals surface area contributed by atoms with Crippen molar-refractivity contribution in [3.63, 3.8) is 0 Å². The summed E-state index contributed by atoms with van der Waals surface area (Å²) in [6, 6.07) is 4.89. The van der Waals surface area contributed by atoms with Crippen LogP contribution in [0.3, 0.4) is 0 Å². The normalized spacial score (nSPS) is 24.2. The van der Waals surface area contributed by atoms with Crippen molar-refractivity contribution in [3.05, 3.63) is 53.7 Å². The number of anilines is 1. The van der Waals surface area contributed by atoms with Gasteiger partial charge in [-0.25, -0.2) is 18.7 Å². The van der Waals surface area contributed by atoms with E-state index in [-0.39, 0.29) is 28.1 Å². The second-order valence-electron chi connectivity index (χ2n) is 8.40. The first-order chi connectivity index (χ1) is 15.2. The summed E-state index contributed by atoms with van der Waals surface area (Å²) in [6.45, 7) is -0.575. The van der Waals surface area contributed by atoms with E-state index in [2.05, 4.69) is 20.0 Å². The number of aromatic nitrogens is 3. The van der Waals surface area contributed by atoms with Crippen LogP contribution in [0.1, 0.15) is 48.1 Å². The molecule has 0 radical (unpaired) electrons. The van der Waals surface area contributed by atoms with Crippen LogP contribution in [-0.4, -0.2) is 39.1 Å². The van der Waals surface area contributed by atoms with Crippen LogP contribution in [0.25, 0.3) is 5.65 Å². The van der Waals surface area contributed by atoms with Crippen LogP contribution in [0.4, 0.5) is 23.2 Å². The van der Waals surface area contributed by atoms with Crippen LogP contribution in [0.15, 0.2) is 36.7 Å². The Kier molecular flexibility index (Phi) is 4.63. The highest BCUT2D eigenvalue weighted by Gasteiger charge is 2.61. The van der Waals surface area contributed by atoms with E-state index >= 15 is 0 Å². The molecule has 3 aromatic heterocycles. The Morgan fingerprint density at radius 2 is 2.00 bits per heavy atom. The fraction of sp³-hybridized carbons (Fsp3) is 0.381. The minimum absolute atomic E-state index is 0.0744. The van der Waals surface area contributed by atoms with Crippen LogP contribution in [0.2, 0.25) is 0 Å². The molecule has 1 saturated carbocycles. The van der Waals surface area contributed by atoms with E-state index in [0.717, 1.165) is 24.6 Å². The lowest BCUT2D eigenvalue weighted by atomic mass is 9.62. The molecule has 1 N–H and O–H groups in total. The number of carbonyl (C=O) groups excluding carboxylic acids is 1. The fourth-order valence-corrected chi connectivity index (χ4v) is 4.60. The molecule has 11 heteroatoms. The maximum atomic E-state index is 13.0. The van der Waals surface area contributed by atoms with Gasteiger partial charge in [0.2, 0.25) is 0 Å². The summed E-state index contributed by atoms with van der Waals surface area (Å²) < 4.78 is 63.7. The summed E-state index contributed by atoms with van der Waals surface area (Å²) in [6.07, 6.45) is 1.94. The number of halogens is 4. The molecule has 5 heterocycles. The molecule has 3 aromatic rings. The van der Waals surface area contributed by atoms with Gasteiger partial charge >= 0.3 is 6.61 Å². The monoisotopic (exact) mass is 450 g/mol. The topological polar surface area (TPSA) is 77.8 Å². The zero-order valence-corrected chi connectivity index (χ0v) is 16.8. The molecule has 2 aliphatic heterocycles. The van der Waals surface area contributed by atoms with E-state index in [9.17, 15) is 22.4 Å². The molecule has 2 saturated heterocycles. The third-order valence-electron chi connectivity index (χ3n) is 5.91. The summed E-state index contributed by atoms with van der Waals surface area (Å²) >= 11 is 0. The highest BCUT2D eigenvalue weighted by Crippen LogP contribution is 2.58. The zero-order chi connectivity index (χ0) is 22.7. The molecular formula is C21H18F4N4O3. The fourth-order valence-electron chi connectivity index (χ4n) is 4.60. The molecular weight excluding hydrogens is 432 g/mol. The lowest BCUT2D eigenvalue weighted by Gasteiger charge is -2.41. The van der Waals surface area contributed by atoms with Crippen molar-refractivity contribution in [3.8, 4) is 5.75 Å². The molecule has 7 nitrogen and oxygen atoms in total. The van der Waals surface area contributed by atoms with Crippen molar-refractivity contribution >= 4 is 17.2 Å². The van der Waals surface area contributed by atoms with E-state index in [0.29, 0.717) is 12.3 Å². The number of pyridine rings is 2. The number of rotatable bonds is 6. The van der Waals surface area contributed by atoms with E-state index in [1.54, 1.807) is 10.6 Å². The third-order valence-corrected chi connectivity index (χ3v) is 5.91. The summed E-state index contributed by atoms with van der Waals surface area (Å²) in [7, 11) is 0. The molecule has 0 aromatic carbocycles. The number of hydrogen-bond donors (Lipinski definition) is 1. The van der Waals surface area contributed by atoms with Crippen molar-refractivity contribution in [1.82, 2.24) is 14.4 Å². The van der Waals surface area contributed by atoms with Gasteiger partial charge in [0, 0.05) is 23.9 Å². The quantitative estimate of drug-likeness (QED) is 0.566. The van der Waals surface area contributed by atoms with Gasteiger partial charge in [-0.2, -0.15) is 8.78 Å². The molecule has 1 amide bonds. The summed E-state index contributed by atoms with van der Waals surface area (Å²) in [5.74, 6) is -1.15. The van der Waals surface area contributed by atoms with Crippen LogP contribution in [0, 0.1) is 0 Å². The van der Waals surface area contributed by atoms with Crippen LogP contribution < -0.4 is 10.1 Å². The lowest BCUT2D eigenvalue weighted by molar-refractivity contribution is -0.0493. The largest absolute Gasteiger partial charge is 0.432 e. The molecule has 2 bridgehead atoms. The lowest BCUT2D eigenvalue weighted by Crippen LogP contribution is -2.45. The summed E-state index contributed by atoms with van der Waals surface area (Å²) in [5.41, 5.74) is -0.164. The average molecular weight is 450 g/mol. The van der Waals surface area contributed by atoms with Gasteiger partial charge < -0.3 is 19.2 Å². The van der Waals surface area contributed by atoms with Crippen molar-refractivity contribution < 1.29 is 31.8 Å². The van der Waals surface area contributed by atoms with Gasteiger partial charge in [0.15, 0.2) is 5.75 Å². The molecule has 0 spiro atoms. The van der Waals surface area contributed by atoms with Crippen molar-refractivity contribution in [1.29, 1.82) is 0 Å². The number of nitrogens with one attached hydrogen (secondary N) is 1. The minimum atomic E-state index is -3.14. The number of carbonyl (C=O) groups is 1. The van der Waals surface area contributed by atoms with Crippen LogP contribution in [-0.2, 0) is 10.2 Å². The van der Waals surface area contributed by atoms with Gasteiger partial charge in [0.1, 0.15) is 22.7 Å². The first-order valence-electron chi connectivity index (χ1n) is 9.85. The number of amides is 1. The van der Waals surface area contributed by atoms with E-state index in [1.165, 1.54) is 24.4 Å². The minimum Gasteiger partial charge on any atom is -0.432 e. The maximum Gasteiger partial charge on any atom is 0.387 e. The van der Waals surface area contributed by atoms with Gasteiger partial charge in [0.05, 0.1) is 17.9 Å². The molecule has 32 heavy (non-hydrogen) atoms. The smallest absolute Gasteiger partial charge is 0.387 e. The Morgan fingerprint density at radius 3 is 2.66 bits per heavy atom. The highest BCUT2D eigenvalue weighted by molar-refractivity contribution is 6.03. The Morgan fingerprint density at radius 1 is 1.22 bits per heavy atom. The molecule has 168 valence electrons. The second-order valence-corrected chi connectivity index (χ2v) is 8.40. The van der Waals surface area contributed by atoms with E-state index in [4.69, 9.17) is 4.74 Å². The van der Waals surface area contributed by atoms with E-state index < -0.39 is 24.6 Å². The predicted molar refractivity (Wildman–Crippen MR) is 104 cm³/mol. The molecule has 0 unspecified atom stereocenters. The maximum absolute atomic E-state index is 13.0. The molecule has 6 rings (SSSR count). The number of hydrogen-bond acceptors (Lipinski definition) is 5. The SMILES string of the molecule is CC12CC(c3cn4cc(NC(=O)c5cccc(C(F)F)n5)c(OC(F)F)cc4n3)(CO1)C2. The Hall–Kier alpha value is -3.21. The highest BCUT2D eigenvalue weighted by atomic mass is 19.3. The number of imidazole rings is 1. The Bertz CT molecular complexity index is 1210. The van der Waals surface area contributed by atoms with Crippen molar-refractivity contribution in [2.24, 2.45) is 0 Å². The van der Waals surface area contributed by atoms with Crippen LogP contribution >= 0.6 is 0 Å². The van der Waals surface area contributed by atoms with Gasteiger partial charge in [-0.15, -0.1) is 0 Å². The Labute approximate surface area is 179 Å². The van der Waals surface area contributed by atoms with Crippen molar-refractivity contribution in [2.75, 3.05) is 11.9 Å². The number of fused-ring (bicyclic) bond motifs is 2. The Balaban J connectivity index is 1.48. The first-order valence-corrected chi connectivity index (χ1v) is 9.85. The van der Waals surface area contributed by atoms with Crippen molar-refractivity contribution in [2.45, 2.75) is 43.8 Å². The predicted octanol–water partition coefficient (Wildman–Crippen LogP) is 4.34. The summed E-state index contributed by atoms with van der Waals surface area (Å²) in [5, 5.41) is 2.42. The van der Waals surface area contributed by atoms with Crippen LogP contribution in [0.5, 0.6) is 5.75 Å². The van der Waals surface area contributed by atoms with Gasteiger partial charge in [0.25, 0.3) is 12.3 Å². The van der Waals surface area contributed by atoms with Gasteiger partial charge in [-0.1, -0.05) is 6.07 Å². The van der Waals surface area contributed by atoms with E-state index in [1.807, 2.05) is 6.92 Å². The van der Waals surface area contributed by atoms with Gasteiger partial charge in [-0.05, 0) is 31.9 Å². The summed E-state index contributed by atoms with van der Waals surface area (Å²) in [4.78, 5) is 20.7. The zero-order valence-electron chi connectivity index (χ0n) is 16.8.